The van der Waals surface area contributed by atoms with E-state index in [0.717, 1.165) is 22.4 Å². The Morgan fingerprint density at radius 1 is 1.12 bits per heavy atom. The monoisotopic (exact) mass is 428 g/mol. The number of carbonyl (C=O) groups excluding carboxylic acids is 1. The smallest absolute Gasteiger partial charge is 0.254 e. The maximum absolute atomic E-state index is 12.9. The third kappa shape index (κ3) is 4.49. The summed E-state index contributed by atoms with van der Waals surface area (Å²) >= 11 is 0. The number of aromatic nitrogens is 1. The van der Waals surface area contributed by atoms with Crippen LogP contribution in [0.4, 0.5) is 5.88 Å². The summed E-state index contributed by atoms with van der Waals surface area (Å²) in [6.45, 7) is 4.18. The molecular formula is C25H24N4O3. The summed E-state index contributed by atoms with van der Waals surface area (Å²) in [6.07, 6.45) is 3.59. The molecule has 1 fully saturated rings. The van der Waals surface area contributed by atoms with Crippen LogP contribution in [0.5, 0.6) is 5.75 Å². The van der Waals surface area contributed by atoms with E-state index < -0.39 is 0 Å². The molecular weight excluding hydrogens is 404 g/mol. The van der Waals surface area contributed by atoms with Gasteiger partial charge in [-0.2, -0.15) is 10.2 Å². The molecule has 2 aromatic carbocycles. The Morgan fingerprint density at radius 2 is 1.91 bits per heavy atom. The number of rotatable bonds is 5. The Labute approximate surface area is 187 Å². The number of ether oxygens (including phenoxy) is 1. The van der Waals surface area contributed by atoms with Crippen molar-refractivity contribution < 1.29 is 13.9 Å². The zero-order valence-electron chi connectivity index (χ0n) is 18.1. The molecule has 32 heavy (non-hydrogen) atoms. The van der Waals surface area contributed by atoms with Crippen LogP contribution < -0.4 is 9.64 Å². The van der Waals surface area contributed by atoms with E-state index in [1.54, 1.807) is 13.2 Å². The minimum absolute atomic E-state index is 0.0303. The van der Waals surface area contributed by atoms with Crippen molar-refractivity contribution in [2.24, 2.45) is 0 Å². The lowest BCUT2D eigenvalue weighted by Gasteiger charge is -2.34. The van der Waals surface area contributed by atoms with E-state index >= 15 is 0 Å². The van der Waals surface area contributed by atoms with Gasteiger partial charge in [0.15, 0.2) is 0 Å². The van der Waals surface area contributed by atoms with E-state index in [1.165, 1.54) is 0 Å². The van der Waals surface area contributed by atoms with Crippen molar-refractivity contribution in [3.05, 3.63) is 76.8 Å². The van der Waals surface area contributed by atoms with Crippen LogP contribution in [-0.4, -0.2) is 49.1 Å². The van der Waals surface area contributed by atoms with Crippen molar-refractivity contribution in [2.45, 2.75) is 6.92 Å². The summed E-state index contributed by atoms with van der Waals surface area (Å²) in [4.78, 5) is 21.0. The fraction of sp³-hybridized carbons (Fsp3) is 0.240. The average Bonchev–Trinajstić information content (AvgIpc) is 3.26. The Hall–Kier alpha value is -4.05. The number of piperazine rings is 1. The molecule has 7 nitrogen and oxygen atoms in total. The van der Waals surface area contributed by atoms with Crippen molar-refractivity contribution in [2.75, 3.05) is 38.2 Å². The summed E-state index contributed by atoms with van der Waals surface area (Å²) < 4.78 is 11.1. The van der Waals surface area contributed by atoms with Crippen molar-refractivity contribution in [1.82, 2.24) is 9.88 Å². The predicted molar refractivity (Wildman–Crippen MR) is 122 cm³/mol. The first-order chi connectivity index (χ1) is 15.6. The molecule has 2 heterocycles. The number of anilines is 1. The molecule has 7 heteroatoms. The highest BCUT2D eigenvalue weighted by Crippen LogP contribution is 2.25. The highest BCUT2D eigenvalue weighted by atomic mass is 16.5. The molecule has 3 aromatic rings. The predicted octanol–water partition coefficient (Wildman–Crippen LogP) is 4.00. The van der Waals surface area contributed by atoms with Crippen LogP contribution in [0.3, 0.4) is 0 Å². The zero-order chi connectivity index (χ0) is 22.5. The number of benzene rings is 2. The number of oxazole rings is 1. The first-order valence-electron chi connectivity index (χ1n) is 10.4. The summed E-state index contributed by atoms with van der Waals surface area (Å²) in [5.41, 5.74) is 2.87. The minimum atomic E-state index is 0.0303. The van der Waals surface area contributed by atoms with Gasteiger partial charge < -0.3 is 19.0 Å². The molecule has 0 aliphatic carbocycles. The van der Waals surface area contributed by atoms with Gasteiger partial charge in [0, 0.05) is 37.8 Å². The maximum atomic E-state index is 12.9. The quantitative estimate of drug-likeness (QED) is 0.611. The van der Waals surface area contributed by atoms with Crippen LogP contribution in [-0.2, 0) is 0 Å². The summed E-state index contributed by atoms with van der Waals surface area (Å²) in [6, 6.07) is 17.3. The van der Waals surface area contributed by atoms with Crippen LogP contribution in [0.15, 0.2) is 52.9 Å². The fourth-order valence-corrected chi connectivity index (χ4v) is 3.70. The molecule has 0 radical (unpaired) electrons. The van der Waals surface area contributed by atoms with Crippen molar-refractivity contribution in [3.8, 4) is 11.8 Å². The zero-order valence-corrected chi connectivity index (χ0v) is 18.1. The molecule has 1 saturated heterocycles. The molecule has 162 valence electrons. The van der Waals surface area contributed by atoms with E-state index in [2.05, 4.69) is 11.1 Å². The summed E-state index contributed by atoms with van der Waals surface area (Å²) in [5.74, 6) is 1.59. The molecule has 0 N–H and O–H groups in total. The Bertz CT molecular complexity index is 1180. The van der Waals surface area contributed by atoms with E-state index in [-0.39, 0.29) is 11.6 Å². The second-order valence-corrected chi connectivity index (χ2v) is 7.52. The Kier molecular flexibility index (Phi) is 6.22. The van der Waals surface area contributed by atoms with Gasteiger partial charge in [-0.25, -0.2) is 0 Å². The Morgan fingerprint density at radius 3 is 2.62 bits per heavy atom. The minimum Gasteiger partial charge on any atom is -0.497 e. The lowest BCUT2D eigenvalue weighted by atomic mass is 10.1. The lowest BCUT2D eigenvalue weighted by Crippen LogP contribution is -2.49. The lowest BCUT2D eigenvalue weighted by molar-refractivity contribution is 0.0744. The molecule has 0 bridgehead atoms. The highest BCUT2D eigenvalue weighted by molar-refractivity contribution is 5.95. The SMILES string of the molecule is COc1cccc(/C=C/c2nc(C#N)c(N3CCN(C(=O)c4ccccc4C)CC3)o2)c1. The van der Waals surface area contributed by atoms with Gasteiger partial charge in [0.25, 0.3) is 5.91 Å². The van der Waals surface area contributed by atoms with Gasteiger partial charge in [-0.3, -0.25) is 4.79 Å². The van der Waals surface area contributed by atoms with Gasteiger partial charge in [-0.1, -0.05) is 30.3 Å². The van der Waals surface area contributed by atoms with Gasteiger partial charge in [-0.15, -0.1) is 0 Å². The summed E-state index contributed by atoms with van der Waals surface area (Å²) in [7, 11) is 1.62. The van der Waals surface area contributed by atoms with Gasteiger partial charge in [0.2, 0.25) is 17.5 Å². The van der Waals surface area contributed by atoms with E-state index in [9.17, 15) is 10.1 Å². The maximum Gasteiger partial charge on any atom is 0.254 e. The van der Waals surface area contributed by atoms with Crippen LogP contribution in [0.1, 0.15) is 33.1 Å². The third-order valence-corrected chi connectivity index (χ3v) is 5.47. The van der Waals surface area contributed by atoms with Crippen molar-refractivity contribution in [1.29, 1.82) is 5.26 Å². The molecule has 0 spiro atoms. The first-order valence-corrected chi connectivity index (χ1v) is 10.4. The topological polar surface area (TPSA) is 82.6 Å². The Balaban J connectivity index is 1.45. The standard InChI is InChI=1S/C25H24N4O3/c1-18-6-3-4-9-21(18)24(30)28-12-14-29(15-13-28)25-22(17-26)27-23(32-25)11-10-19-7-5-8-20(16-19)31-2/h3-11,16H,12-15H2,1-2H3/b11-10+. The highest BCUT2D eigenvalue weighted by Gasteiger charge is 2.27. The average molecular weight is 428 g/mol. The van der Waals surface area contributed by atoms with Crippen LogP contribution in [0, 0.1) is 18.3 Å². The van der Waals surface area contributed by atoms with Gasteiger partial charge >= 0.3 is 0 Å². The first kappa shape index (κ1) is 21.2. The second-order valence-electron chi connectivity index (χ2n) is 7.52. The molecule has 0 unspecified atom stereocenters. The molecule has 4 rings (SSSR count). The molecule has 1 amide bonds. The number of amides is 1. The van der Waals surface area contributed by atoms with Crippen LogP contribution >= 0.6 is 0 Å². The normalized spacial score (nSPS) is 13.9. The van der Waals surface area contributed by atoms with Gasteiger partial charge in [0.05, 0.1) is 7.11 Å². The number of nitrogens with zero attached hydrogens (tertiary/aromatic N) is 4. The molecule has 1 aliphatic heterocycles. The van der Waals surface area contributed by atoms with Crippen LogP contribution in [0.2, 0.25) is 0 Å². The molecule has 0 atom stereocenters. The number of hydrogen-bond acceptors (Lipinski definition) is 6. The van der Waals surface area contributed by atoms with E-state index in [0.29, 0.717) is 38.0 Å². The molecule has 1 aliphatic rings. The third-order valence-electron chi connectivity index (χ3n) is 5.47. The number of aryl methyl sites for hydroxylation is 1. The molecule has 1 aromatic heterocycles. The van der Waals surface area contributed by atoms with Gasteiger partial charge in [-0.05, 0) is 42.3 Å². The van der Waals surface area contributed by atoms with Crippen LogP contribution in [0.25, 0.3) is 12.2 Å². The number of carbonyl (C=O) groups is 1. The molecule has 0 saturated carbocycles. The second kappa shape index (κ2) is 9.40. The largest absolute Gasteiger partial charge is 0.497 e. The van der Waals surface area contributed by atoms with Crippen molar-refractivity contribution >= 4 is 23.9 Å². The van der Waals surface area contributed by atoms with Crippen molar-refractivity contribution in [3.63, 3.8) is 0 Å². The van der Waals surface area contributed by atoms with Gasteiger partial charge in [0.1, 0.15) is 11.8 Å². The van der Waals surface area contributed by atoms with E-state index in [4.69, 9.17) is 9.15 Å². The number of methoxy groups -OCH3 is 1. The summed E-state index contributed by atoms with van der Waals surface area (Å²) in [5, 5.41) is 9.53. The fourth-order valence-electron chi connectivity index (χ4n) is 3.70. The van der Waals surface area contributed by atoms with E-state index in [1.807, 2.05) is 71.3 Å². The number of nitriles is 1. The number of hydrogen-bond donors (Lipinski definition) is 0.